The van der Waals surface area contributed by atoms with Crippen molar-refractivity contribution in [1.29, 1.82) is 0 Å². The predicted octanol–water partition coefficient (Wildman–Crippen LogP) is -0.742. The fraction of sp³-hybridized carbons (Fsp3) is 0. The maximum Gasteiger partial charge on any atom is 1.00 e. The van der Waals surface area contributed by atoms with Crippen molar-refractivity contribution in [2.45, 2.75) is 4.90 Å². The molecule has 0 N–H and O–H groups in total. The molecule has 1 rings (SSSR count). The van der Waals surface area contributed by atoms with Crippen LogP contribution in [0, 0.1) is 11.6 Å². The zero-order chi connectivity index (χ0) is 6.85. The SMILES string of the molecule is Fc1ccc(F)c(S)c1.[Na+]. The fourth-order valence-corrected chi connectivity index (χ4v) is 0.684. The molecule has 0 aromatic heterocycles. The first kappa shape index (κ1) is 10.4. The van der Waals surface area contributed by atoms with E-state index in [1.165, 1.54) is 0 Å². The van der Waals surface area contributed by atoms with Crippen molar-refractivity contribution in [2.75, 3.05) is 0 Å². The average Bonchev–Trinajstić information content (AvgIpc) is 1.80. The standard InChI is InChI=1S/C6H4F2S.Na/c7-4-1-2-5(8)6(9)3-4;/h1-3,9H;/q;+1. The molecule has 0 heterocycles. The Morgan fingerprint density at radius 2 is 1.80 bits per heavy atom. The first-order chi connectivity index (χ1) is 4.20. The van der Waals surface area contributed by atoms with Crippen molar-refractivity contribution in [3.63, 3.8) is 0 Å². The van der Waals surface area contributed by atoms with E-state index < -0.39 is 11.6 Å². The van der Waals surface area contributed by atoms with Crippen LogP contribution in [0.5, 0.6) is 0 Å². The third-order valence-corrected chi connectivity index (χ3v) is 1.25. The van der Waals surface area contributed by atoms with Crippen LogP contribution in [-0.2, 0) is 0 Å². The molecule has 10 heavy (non-hydrogen) atoms. The van der Waals surface area contributed by atoms with Gasteiger partial charge in [0.15, 0.2) is 0 Å². The molecule has 0 radical (unpaired) electrons. The van der Waals surface area contributed by atoms with Crippen molar-refractivity contribution >= 4 is 12.6 Å². The Bertz CT molecular complexity index is 227. The Balaban J connectivity index is 0.000000810. The molecule has 1 aromatic rings. The molecule has 0 saturated carbocycles. The van der Waals surface area contributed by atoms with Gasteiger partial charge in [-0.1, -0.05) is 0 Å². The first-order valence-corrected chi connectivity index (χ1v) is 2.79. The van der Waals surface area contributed by atoms with Crippen LogP contribution < -0.4 is 29.6 Å². The zero-order valence-corrected chi connectivity index (χ0v) is 8.33. The molecule has 1 aromatic carbocycles. The van der Waals surface area contributed by atoms with Gasteiger partial charge in [0.2, 0.25) is 0 Å². The molecule has 0 bridgehead atoms. The summed E-state index contributed by atoms with van der Waals surface area (Å²) in [5.74, 6) is -0.971. The molecule has 0 aliphatic carbocycles. The summed E-state index contributed by atoms with van der Waals surface area (Å²) in [5, 5.41) is 0. The molecule has 0 amide bonds. The van der Waals surface area contributed by atoms with Crippen LogP contribution in [0.3, 0.4) is 0 Å². The van der Waals surface area contributed by atoms with Crippen LogP contribution in [0.4, 0.5) is 8.78 Å². The Hall–Kier alpha value is 0.430. The van der Waals surface area contributed by atoms with E-state index >= 15 is 0 Å². The molecule has 0 unspecified atom stereocenters. The topological polar surface area (TPSA) is 0 Å². The Labute approximate surface area is 85.3 Å². The van der Waals surface area contributed by atoms with Crippen LogP contribution in [0.2, 0.25) is 0 Å². The molecule has 4 heteroatoms. The van der Waals surface area contributed by atoms with Crippen LogP contribution >= 0.6 is 12.6 Å². The summed E-state index contributed by atoms with van der Waals surface area (Å²) in [5.41, 5.74) is 0. The Morgan fingerprint density at radius 1 is 1.20 bits per heavy atom. The quantitative estimate of drug-likeness (QED) is 0.384. The van der Waals surface area contributed by atoms with E-state index in [1.54, 1.807) is 0 Å². The van der Waals surface area contributed by atoms with Gasteiger partial charge in [-0.3, -0.25) is 0 Å². The van der Waals surface area contributed by atoms with Crippen molar-refractivity contribution < 1.29 is 38.3 Å². The van der Waals surface area contributed by atoms with E-state index in [0.29, 0.717) is 0 Å². The van der Waals surface area contributed by atoms with Gasteiger partial charge >= 0.3 is 29.6 Å². The van der Waals surface area contributed by atoms with Crippen LogP contribution in [-0.4, -0.2) is 0 Å². The average molecular weight is 169 g/mol. The minimum atomic E-state index is -0.500. The van der Waals surface area contributed by atoms with E-state index in [9.17, 15) is 8.78 Å². The molecule has 0 saturated heterocycles. The van der Waals surface area contributed by atoms with Gasteiger partial charge in [-0.15, -0.1) is 12.6 Å². The Kier molecular flexibility index (Phi) is 4.52. The summed E-state index contributed by atoms with van der Waals surface area (Å²) in [4.78, 5) is 0.0370. The molecule has 0 aliphatic rings. The third-order valence-electron chi connectivity index (χ3n) is 0.908. The molecule has 0 aliphatic heterocycles. The van der Waals surface area contributed by atoms with Gasteiger partial charge in [0.05, 0.1) is 0 Å². The molecule has 0 spiro atoms. The summed E-state index contributed by atoms with van der Waals surface area (Å²) >= 11 is 3.65. The van der Waals surface area contributed by atoms with E-state index in [4.69, 9.17) is 0 Å². The summed E-state index contributed by atoms with van der Waals surface area (Å²) in [7, 11) is 0. The number of thiol groups is 1. The second kappa shape index (κ2) is 4.34. The molecule has 0 fully saturated rings. The van der Waals surface area contributed by atoms with Gasteiger partial charge in [0.25, 0.3) is 0 Å². The van der Waals surface area contributed by atoms with Gasteiger partial charge in [-0.2, -0.15) is 0 Å². The van der Waals surface area contributed by atoms with Gasteiger partial charge < -0.3 is 0 Å². The zero-order valence-electron chi connectivity index (χ0n) is 5.44. The number of benzene rings is 1. The van der Waals surface area contributed by atoms with Crippen molar-refractivity contribution in [3.8, 4) is 0 Å². The third kappa shape index (κ3) is 2.58. The number of rotatable bonds is 0. The van der Waals surface area contributed by atoms with E-state index in [2.05, 4.69) is 12.6 Å². The maximum absolute atomic E-state index is 12.3. The summed E-state index contributed by atoms with van der Waals surface area (Å²) in [6.45, 7) is 0. The molecular weight excluding hydrogens is 165 g/mol. The van der Waals surface area contributed by atoms with Gasteiger partial charge in [0.1, 0.15) is 11.6 Å². The van der Waals surface area contributed by atoms with Crippen molar-refractivity contribution in [2.24, 2.45) is 0 Å². The van der Waals surface area contributed by atoms with Crippen LogP contribution in [0.1, 0.15) is 0 Å². The molecule has 0 atom stereocenters. The van der Waals surface area contributed by atoms with E-state index in [-0.39, 0.29) is 34.5 Å². The second-order valence-corrected chi connectivity index (χ2v) is 2.08. The largest absolute Gasteiger partial charge is 1.00 e. The number of halogens is 2. The van der Waals surface area contributed by atoms with Crippen molar-refractivity contribution in [3.05, 3.63) is 29.8 Å². The summed E-state index contributed by atoms with van der Waals surface area (Å²) in [6.07, 6.45) is 0. The fourth-order valence-electron chi connectivity index (χ4n) is 0.486. The minimum Gasteiger partial charge on any atom is -0.207 e. The molecular formula is C6H4F2NaS+. The minimum absolute atomic E-state index is 0. The van der Waals surface area contributed by atoms with Crippen LogP contribution in [0.15, 0.2) is 23.1 Å². The summed E-state index contributed by atoms with van der Waals surface area (Å²) < 4.78 is 24.4. The van der Waals surface area contributed by atoms with Gasteiger partial charge in [0, 0.05) is 4.90 Å². The number of hydrogen-bond acceptors (Lipinski definition) is 1. The van der Waals surface area contributed by atoms with Crippen molar-refractivity contribution in [1.82, 2.24) is 0 Å². The maximum atomic E-state index is 12.3. The Morgan fingerprint density at radius 3 is 2.20 bits per heavy atom. The number of hydrogen-bond donors (Lipinski definition) is 1. The summed E-state index contributed by atoms with van der Waals surface area (Å²) in [6, 6.07) is 3.12. The smallest absolute Gasteiger partial charge is 0.207 e. The van der Waals surface area contributed by atoms with E-state index in [0.717, 1.165) is 18.2 Å². The van der Waals surface area contributed by atoms with Gasteiger partial charge in [-0.25, -0.2) is 8.78 Å². The first-order valence-electron chi connectivity index (χ1n) is 2.34. The molecule has 48 valence electrons. The van der Waals surface area contributed by atoms with Gasteiger partial charge in [-0.05, 0) is 18.2 Å². The molecule has 0 nitrogen and oxygen atoms in total. The van der Waals surface area contributed by atoms with E-state index in [1.807, 2.05) is 0 Å². The second-order valence-electron chi connectivity index (χ2n) is 1.60. The normalized spacial score (nSPS) is 8.70. The monoisotopic (exact) mass is 169 g/mol. The van der Waals surface area contributed by atoms with Crippen LogP contribution in [0.25, 0.3) is 0 Å². The predicted molar refractivity (Wildman–Crippen MR) is 33.6 cm³/mol.